The second kappa shape index (κ2) is 6.55. The van der Waals surface area contributed by atoms with Gasteiger partial charge in [0.15, 0.2) is 5.15 Å². The molecule has 25 heavy (non-hydrogen) atoms. The molecule has 7 heteroatoms. The van der Waals surface area contributed by atoms with E-state index in [0.29, 0.717) is 17.1 Å². The topological polar surface area (TPSA) is 66.5 Å². The lowest BCUT2D eigenvalue weighted by Crippen LogP contribution is -2.00. The van der Waals surface area contributed by atoms with Crippen LogP contribution in [-0.4, -0.2) is 13.9 Å². The van der Waals surface area contributed by atoms with Crippen LogP contribution in [0.1, 0.15) is 11.1 Å². The van der Waals surface area contributed by atoms with E-state index in [1.165, 1.54) is 11.5 Å². The molecule has 0 aliphatic heterocycles. The van der Waals surface area contributed by atoms with E-state index in [1.807, 2.05) is 36.7 Å². The zero-order valence-corrected chi connectivity index (χ0v) is 14.6. The SMILES string of the molecule is N#Cc1c(Cl)nsc1NCc1ccc(-n2cnc3ccccc32)cc1. The molecule has 4 aromatic rings. The number of anilines is 1. The molecule has 0 saturated heterocycles. The molecule has 0 bridgehead atoms. The highest BCUT2D eigenvalue weighted by atomic mass is 35.5. The van der Waals surface area contributed by atoms with Crippen LogP contribution in [0.25, 0.3) is 16.7 Å². The summed E-state index contributed by atoms with van der Waals surface area (Å²) in [7, 11) is 0. The van der Waals surface area contributed by atoms with Crippen LogP contribution in [0.2, 0.25) is 5.15 Å². The molecule has 0 unspecified atom stereocenters. The third kappa shape index (κ3) is 2.95. The molecular formula is C18H12ClN5S. The van der Waals surface area contributed by atoms with Crippen molar-refractivity contribution < 1.29 is 0 Å². The number of nitriles is 1. The highest BCUT2D eigenvalue weighted by molar-refractivity contribution is 7.10. The smallest absolute Gasteiger partial charge is 0.162 e. The molecule has 122 valence electrons. The molecule has 2 aromatic heterocycles. The number of para-hydroxylation sites is 2. The van der Waals surface area contributed by atoms with Crippen LogP contribution in [0.5, 0.6) is 0 Å². The molecule has 0 spiro atoms. The number of benzene rings is 2. The number of hydrogen-bond donors (Lipinski definition) is 1. The number of nitrogens with zero attached hydrogens (tertiary/aromatic N) is 4. The first-order valence-electron chi connectivity index (χ1n) is 7.57. The highest BCUT2D eigenvalue weighted by Gasteiger charge is 2.11. The number of nitrogens with one attached hydrogen (secondary N) is 1. The second-order valence-electron chi connectivity index (χ2n) is 5.41. The van der Waals surface area contributed by atoms with Crippen molar-refractivity contribution in [3.63, 3.8) is 0 Å². The van der Waals surface area contributed by atoms with E-state index in [9.17, 15) is 0 Å². The second-order valence-corrected chi connectivity index (χ2v) is 6.54. The Kier molecular flexibility index (Phi) is 4.10. The van der Waals surface area contributed by atoms with Crippen molar-refractivity contribution in [3.05, 3.63) is 71.1 Å². The zero-order chi connectivity index (χ0) is 17.2. The van der Waals surface area contributed by atoms with E-state index in [4.69, 9.17) is 16.9 Å². The molecule has 0 fully saturated rings. The average molecular weight is 366 g/mol. The molecular weight excluding hydrogens is 354 g/mol. The largest absolute Gasteiger partial charge is 0.370 e. The normalized spacial score (nSPS) is 10.7. The van der Waals surface area contributed by atoms with Crippen molar-refractivity contribution in [2.24, 2.45) is 0 Å². The highest BCUT2D eigenvalue weighted by Crippen LogP contribution is 2.28. The molecule has 0 atom stereocenters. The molecule has 5 nitrogen and oxygen atoms in total. The van der Waals surface area contributed by atoms with Gasteiger partial charge in [-0.3, -0.25) is 4.57 Å². The number of hydrogen-bond acceptors (Lipinski definition) is 5. The molecule has 0 aliphatic carbocycles. The van der Waals surface area contributed by atoms with E-state index in [1.54, 1.807) is 0 Å². The van der Waals surface area contributed by atoms with E-state index >= 15 is 0 Å². The minimum Gasteiger partial charge on any atom is -0.370 e. The Balaban J connectivity index is 1.53. The van der Waals surface area contributed by atoms with Gasteiger partial charge in [0, 0.05) is 12.2 Å². The van der Waals surface area contributed by atoms with Gasteiger partial charge in [-0.2, -0.15) is 9.64 Å². The van der Waals surface area contributed by atoms with Crippen LogP contribution in [0.3, 0.4) is 0 Å². The maximum atomic E-state index is 9.10. The molecule has 0 amide bonds. The van der Waals surface area contributed by atoms with Crippen molar-refractivity contribution in [2.75, 3.05) is 5.32 Å². The predicted molar refractivity (Wildman–Crippen MR) is 100 cm³/mol. The van der Waals surface area contributed by atoms with E-state index < -0.39 is 0 Å². The number of fused-ring (bicyclic) bond motifs is 1. The molecule has 0 saturated carbocycles. The van der Waals surface area contributed by atoms with Crippen molar-refractivity contribution in [1.82, 2.24) is 13.9 Å². The third-order valence-electron chi connectivity index (χ3n) is 3.88. The van der Waals surface area contributed by atoms with E-state index in [-0.39, 0.29) is 5.15 Å². The van der Waals surface area contributed by atoms with Gasteiger partial charge in [0.1, 0.15) is 23.0 Å². The van der Waals surface area contributed by atoms with Gasteiger partial charge in [-0.05, 0) is 41.4 Å². The van der Waals surface area contributed by atoms with Crippen molar-refractivity contribution in [1.29, 1.82) is 5.26 Å². The van der Waals surface area contributed by atoms with Crippen LogP contribution in [0.15, 0.2) is 54.9 Å². The minimum absolute atomic E-state index is 0.248. The number of aromatic nitrogens is 3. The Hall–Kier alpha value is -2.88. The summed E-state index contributed by atoms with van der Waals surface area (Å²) in [6, 6.07) is 18.3. The van der Waals surface area contributed by atoms with Crippen molar-refractivity contribution in [2.45, 2.75) is 6.54 Å². The first-order valence-corrected chi connectivity index (χ1v) is 8.72. The fraction of sp³-hybridized carbons (Fsp3) is 0.0556. The fourth-order valence-electron chi connectivity index (χ4n) is 2.61. The van der Waals surface area contributed by atoms with Crippen LogP contribution in [-0.2, 0) is 6.54 Å². The van der Waals surface area contributed by atoms with Gasteiger partial charge >= 0.3 is 0 Å². The molecule has 4 rings (SSSR count). The molecule has 1 N–H and O–H groups in total. The Morgan fingerprint density at radius 1 is 1.16 bits per heavy atom. The van der Waals surface area contributed by atoms with Crippen molar-refractivity contribution >= 4 is 39.2 Å². The zero-order valence-electron chi connectivity index (χ0n) is 13.0. The lowest BCUT2D eigenvalue weighted by molar-refractivity contribution is 1.08. The van der Waals surface area contributed by atoms with Crippen LogP contribution < -0.4 is 5.32 Å². The van der Waals surface area contributed by atoms with Gasteiger partial charge in [-0.15, -0.1) is 0 Å². The standard InChI is InChI=1S/C18H12ClN5S/c19-17-14(9-20)18(25-23-17)21-10-12-5-7-13(8-6-12)24-11-22-15-3-1-2-4-16(15)24/h1-8,11,21H,10H2. The monoisotopic (exact) mass is 365 g/mol. The fourth-order valence-corrected chi connectivity index (χ4v) is 3.54. The third-order valence-corrected chi connectivity index (χ3v) is 5.06. The Morgan fingerprint density at radius 3 is 2.76 bits per heavy atom. The van der Waals surface area contributed by atoms with E-state index in [0.717, 1.165) is 22.3 Å². The van der Waals surface area contributed by atoms with Gasteiger partial charge in [0.25, 0.3) is 0 Å². The van der Waals surface area contributed by atoms with Crippen LogP contribution >= 0.6 is 23.1 Å². The minimum atomic E-state index is 0.248. The number of halogens is 1. The summed E-state index contributed by atoms with van der Waals surface area (Å²) in [5.74, 6) is 0. The number of rotatable bonds is 4. The first kappa shape index (κ1) is 15.6. The van der Waals surface area contributed by atoms with Crippen LogP contribution in [0.4, 0.5) is 5.00 Å². The quantitative estimate of drug-likeness (QED) is 0.573. The van der Waals surface area contributed by atoms with Gasteiger partial charge in [0.2, 0.25) is 0 Å². The summed E-state index contributed by atoms with van der Waals surface area (Å²) in [6.07, 6.45) is 1.83. The summed E-state index contributed by atoms with van der Waals surface area (Å²) in [4.78, 5) is 4.42. The molecule has 2 aromatic carbocycles. The molecule has 2 heterocycles. The summed E-state index contributed by atoms with van der Waals surface area (Å²) < 4.78 is 6.05. The summed E-state index contributed by atoms with van der Waals surface area (Å²) in [5, 5.41) is 13.3. The Morgan fingerprint density at radius 2 is 1.96 bits per heavy atom. The average Bonchev–Trinajstić information content (AvgIpc) is 3.23. The van der Waals surface area contributed by atoms with Crippen LogP contribution in [0, 0.1) is 11.3 Å². The predicted octanol–water partition coefficient (Wildman–Crippen LogP) is 4.62. The summed E-state index contributed by atoms with van der Waals surface area (Å²) in [5.41, 5.74) is 4.59. The maximum Gasteiger partial charge on any atom is 0.162 e. The van der Waals surface area contributed by atoms with Crippen molar-refractivity contribution in [3.8, 4) is 11.8 Å². The maximum absolute atomic E-state index is 9.10. The summed E-state index contributed by atoms with van der Waals surface area (Å²) >= 11 is 7.08. The summed E-state index contributed by atoms with van der Waals surface area (Å²) in [6.45, 7) is 0.595. The van der Waals surface area contributed by atoms with Gasteiger partial charge in [-0.25, -0.2) is 4.98 Å². The number of imidazole rings is 1. The van der Waals surface area contributed by atoms with Gasteiger partial charge in [0.05, 0.1) is 11.0 Å². The Bertz CT molecular complexity index is 1070. The van der Waals surface area contributed by atoms with Gasteiger partial charge in [-0.1, -0.05) is 35.9 Å². The lowest BCUT2D eigenvalue weighted by Gasteiger charge is -2.07. The first-order chi connectivity index (χ1) is 12.3. The molecule has 0 aliphatic rings. The molecule has 0 radical (unpaired) electrons. The Labute approximate surface area is 153 Å². The lowest BCUT2D eigenvalue weighted by atomic mass is 10.2. The van der Waals surface area contributed by atoms with E-state index in [2.05, 4.69) is 43.5 Å². The van der Waals surface area contributed by atoms with Gasteiger partial charge < -0.3 is 5.32 Å².